The molecule has 2 aromatic carbocycles. The van der Waals surface area contributed by atoms with Gasteiger partial charge in [0, 0.05) is 24.2 Å². The van der Waals surface area contributed by atoms with E-state index >= 15 is 0 Å². The first-order chi connectivity index (χ1) is 14.5. The summed E-state index contributed by atoms with van der Waals surface area (Å²) in [6, 6.07) is 15.7. The molecular weight excluding hydrogens is 398 g/mol. The van der Waals surface area contributed by atoms with Gasteiger partial charge in [0.2, 0.25) is 0 Å². The molecule has 1 fully saturated rings. The molecule has 2 aromatic rings. The summed E-state index contributed by atoms with van der Waals surface area (Å²) in [6.45, 7) is 4.23. The second kappa shape index (κ2) is 10.9. The Morgan fingerprint density at radius 2 is 1.67 bits per heavy atom. The van der Waals surface area contributed by atoms with Gasteiger partial charge in [-0.15, -0.1) is 0 Å². The van der Waals surface area contributed by atoms with Crippen LogP contribution in [0.25, 0.3) is 6.08 Å². The van der Waals surface area contributed by atoms with E-state index in [1.54, 1.807) is 29.2 Å². The zero-order chi connectivity index (χ0) is 21.2. The van der Waals surface area contributed by atoms with Gasteiger partial charge < -0.3 is 10.2 Å². The number of anilines is 1. The third-order valence-electron chi connectivity index (χ3n) is 5.20. The van der Waals surface area contributed by atoms with Gasteiger partial charge in [0.25, 0.3) is 15.9 Å². The monoisotopic (exact) mass is 428 g/mol. The Morgan fingerprint density at radius 1 is 0.967 bits per heavy atom. The van der Waals surface area contributed by atoms with Gasteiger partial charge in [-0.25, -0.2) is 8.42 Å². The van der Waals surface area contributed by atoms with Crippen molar-refractivity contribution < 1.29 is 18.1 Å². The van der Waals surface area contributed by atoms with Crippen molar-refractivity contribution in [3.05, 3.63) is 71.1 Å². The van der Waals surface area contributed by atoms with E-state index in [1.165, 1.54) is 38.4 Å². The SMILES string of the molecule is O=C(NCCC[NH+]1CCCCC1)c1ccc(NS(=O)(=O)/C=C/c2ccccc2)cc1. The van der Waals surface area contributed by atoms with Crippen molar-refractivity contribution in [1.82, 2.24) is 5.32 Å². The van der Waals surface area contributed by atoms with Crippen LogP contribution in [0.3, 0.4) is 0 Å². The summed E-state index contributed by atoms with van der Waals surface area (Å²) in [5, 5.41) is 4.07. The van der Waals surface area contributed by atoms with E-state index in [0.29, 0.717) is 17.8 Å². The Kier molecular flexibility index (Phi) is 8.04. The number of quaternary nitrogens is 1. The Bertz CT molecular complexity index is 935. The molecule has 7 heteroatoms. The summed E-state index contributed by atoms with van der Waals surface area (Å²) in [7, 11) is -3.63. The molecule has 1 amide bonds. The Hall–Kier alpha value is -2.64. The third-order valence-corrected chi connectivity index (χ3v) is 6.21. The predicted octanol–water partition coefficient (Wildman–Crippen LogP) is 2.29. The lowest BCUT2D eigenvalue weighted by Crippen LogP contribution is -3.12. The number of likely N-dealkylation sites (tertiary alicyclic amines) is 1. The maximum atomic E-state index is 12.3. The number of rotatable bonds is 9. The van der Waals surface area contributed by atoms with Gasteiger partial charge in [0.1, 0.15) is 0 Å². The fourth-order valence-electron chi connectivity index (χ4n) is 3.56. The number of sulfonamides is 1. The minimum absolute atomic E-state index is 0.137. The molecule has 1 aliphatic rings. The van der Waals surface area contributed by atoms with Gasteiger partial charge in [-0.1, -0.05) is 30.3 Å². The van der Waals surface area contributed by atoms with Crippen LogP contribution in [0.4, 0.5) is 5.69 Å². The summed E-state index contributed by atoms with van der Waals surface area (Å²) in [5.74, 6) is -0.137. The van der Waals surface area contributed by atoms with Crippen molar-refractivity contribution in [2.45, 2.75) is 25.7 Å². The van der Waals surface area contributed by atoms with Gasteiger partial charge >= 0.3 is 0 Å². The van der Waals surface area contributed by atoms with E-state index in [4.69, 9.17) is 0 Å². The Labute approximate surface area is 179 Å². The van der Waals surface area contributed by atoms with Crippen LogP contribution in [0.2, 0.25) is 0 Å². The van der Waals surface area contributed by atoms with Crippen LogP contribution in [0, 0.1) is 0 Å². The van der Waals surface area contributed by atoms with Crippen LogP contribution in [0.15, 0.2) is 60.0 Å². The smallest absolute Gasteiger partial charge is 0.255 e. The summed E-state index contributed by atoms with van der Waals surface area (Å²) in [5.41, 5.74) is 1.73. The van der Waals surface area contributed by atoms with Crippen LogP contribution < -0.4 is 14.9 Å². The van der Waals surface area contributed by atoms with E-state index in [0.717, 1.165) is 23.9 Å². The molecule has 0 aromatic heterocycles. The molecule has 1 heterocycles. The highest BCUT2D eigenvalue weighted by Crippen LogP contribution is 2.13. The van der Waals surface area contributed by atoms with Gasteiger partial charge in [0.05, 0.1) is 25.0 Å². The number of hydrogen-bond acceptors (Lipinski definition) is 3. The molecule has 1 saturated heterocycles. The van der Waals surface area contributed by atoms with Crippen molar-refractivity contribution >= 4 is 27.7 Å². The lowest BCUT2D eigenvalue weighted by Gasteiger charge is -2.23. The summed E-state index contributed by atoms with van der Waals surface area (Å²) >= 11 is 0. The maximum Gasteiger partial charge on any atom is 0.255 e. The van der Waals surface area contributed by atoms with E-state index < -0.39 is 10.0 Å². The molecule has 160 valence electrons. The molecule has 1 aliphatic heterocycles. The highest BCUT2D eigenvalue weighted by Gasteiger charge is 2.13. The van der Waals surface area contributed by atoms with Crippen LogP contribution in [0.1, 0.15) is 41.6 Å². The number of carbonyl (C=O) groups excluding carboxylic acids is 1. The van der Waals surface area contributed by atoms with Gasteiger partial charge in [-0.05, 0) is 55.2 Å². The van der Waals surface area contributed by atoms with Crippen LogP contribution in [0.5, 0.6) is 0 Å². The van der Waals surface area contributed by atoms with Crippen molar-refractivity contribution in [1.29, 1.82) is 0 Å². The fourth-order valence-corrected chi connectivity index (χ4v) is 4.43. The van der Waals surface area contributed by atoms with Crippen molar-refractivity contribution in [2.24, 2.45) is 0 Å². The minimum Gasteiger partial charge on any atom is -0.352 e. The lowest BCUT2D eigenvalue weighted by molar-refractivity contribution is -0.904. The molecule has 0 spiro atoms. The molecule has 0 aliphatic carbocycles. The minimum atomic E-state index is -3.63. The zero-order valence-corrected chi connectivity index (χ0v) is 18.0. The fraction of sp³-hybridized carbons (Fsp3) is 0.348. The third kappa shape index (κ3) is 7.31. The average Bonchev–Trinajstić information content (AvgIpc) is 2.77. The number of carbonyl (C=O) groups is 1. The summed E-state index contributed by atoms with van der Waals surface area (Å²) in [6.07, 6.45) is 6.46. The van der Waals surface area contributed by atoms with Crippen molar-refractivity contribution in [3.8, 4) is 0 Å². The number of benzene rings is 2. The predicted molar refractivity (Wildman–Crippen MR) is 121 cm³/mol. The van der Waals surface area contributed by atoms with E-state index in [2.05, 4.69) is 10.0 Å². The first kappa shape index (κ1) is 22.1. The second-order valence-corrected chi connectivity index (χ2v) is 9.17. The molecular formula is C23H30N3O3S+. The first-order valence-corrected chi connectivity index (χ1v) is 12.0. The quantitative estimate of drug-likeness (QED) is 0.536. The second-order valence-electron chi connectivity index (χ2n) is 7.61. The van der Waals surface area contributed by atoms with E-state index in [9.17, 15) is 13.2 Å². The Balaban J connectivity index is 1.45. The van der Waals surface area contributed by atoms with Gasteiger partial charge in [-0.3, -0.25) is 9.52 Å². The number of piperidine rings is 1. The summed E-state index contributed by atoms with van der Waals surface area (Å²) < 4.78 is 26.9. The molecule has 30 heavy (non-hydrogen) atoms. The van der Waals surface area contributed by atoms with Gasteiger partial charge in [-0.2, -0.15) is 0 Å². The molecule has 0 saturated carbocycles. The standard InChI is InChI=1S/C23H29N3O3S/c27-23(24-15-7-18-26-16-5-2-6-17-26)21-10-12-22(13-11-21)25-30(28,29)19-14-20-8-3-1-4-9-20/h1,3-4,8-14,19,25H,2,5-7,15-18H2,(H,24,27)/p+1/b19-14+. The lowest BCUT2D eigenvalue weighted by atomic mass is 10.1. The van der Waals surface area contributed by atoms with Gasteiger partial charge in [0.15, 0.2) is 0 Å². The molecule has 3 rings (SSSR count). The zero-order valence-electron chi connectivity index (χ0n) is 17.1. The van der Waals surface area contributed by atoms with Crippen LogP contribution in [-0.4, -0.2) is 40.5 Å². The maximum absolute atomic E-state index is 12.3. The number of amides is 1. The van der Waals surface area contributed by atoms with Crippen molar-refractivity contribution in [3.63, 3.8) is 0 Å². The normalized spacial score (nSPS) is 15.2. The van der Waals surface area contributed by atoms with Crippen LogP contribution in [-0.2, 0) is 10.0 Å². The highest BCUT2D eigenvalue weighted by molar-refractivity contribution is 7.95. The molecule has 6 nitrogen and oxygen atoms in total. The van der Waals surface area contributed by atoms with Crippen LogP contribution >= 0.6 is 0 Å². The molecule has 0 radical (unpaired) electrons. The Morgan fingerprint density at radius 3 is 2.37 bits per heavy atom. The molecule has 0 bridgehead atoms. The average molecular weight is 429 g/mol. The summed E-state index contributed by atoms with van der Waals surface area (Å²) in [4.78, 5) is 13.9. The number of hydrogen-bond donors (Lipinski definition) is 3. The molecule has 0 atom stereocenters. The first-order valence-electron chi connectivity index (χ1n) is 10.5. The largest absolute Gasteiger partial charge is 0.352 e. The molecule has 0 unspecified atom stereocenters. The van der Waals surface area contributed by atoms with E-state index in [1.807, 2.05) is 30.3 Å². The number of nitrogens with one attached hydrogen (secondary N) is 3. The molecule has 3 N–H and O–H groups in total. The van der Waals surface area contributed by atoms with E-state index in [-0.39, 0.29) is 5.91 Å². The topological polar surface area (TPSA) is 79.7 Å². The van der Waals surface area contributed by atoms with Crippen molar-refractivity contribution in [2.75, 3.05) is 30.9 Å². The highest BCUT2D eigenvalue weighted by atomic mass is 32.2.